The van der Waals surface area contributed by atoms with Crippen LogP contribution in [0.3, 0.4) is 0 Å². The van der Waals surface area contributed by atoms with Crippen molar-refractivity contribution < 1.29 is 0 Å². The fourth-order valence-electron chi connectivity index (χ4n) is 23.0. The topological polar surface area (TPSA) is 0 Å². The number of benzene rings is 11. The minimum absolute atomic E-state index is 0.0135. The van der Waals surface area contributed by atoms with Crippen LogP contribution in [0.4, 0.5) is 0 Å². The summed E-state index contributed by atoms with van der Waals surface area (Å²) in [6.45, 7) is 19.1. The van der Waals surface area contributed by atoms with Gasteiger partial charge in [0.2, 0.25) is 0 Å². The van der Waals surface area contributed by atoms with Crippen LogP contribution >= 0.6 is 0 Å². The third-order valence-corrected chi connectivity index (χ3v) is 30.0. The molecule has 0 nitrogen and oxygen atoms in total. The Morgan fingerprint density at radius 2 is 0.350 bits per heavy atom. The molecule has 120 heavy (non-hydrogen) atoms. The number of rotatable bonds is 47. The van der Waals surface area contributed by atoms with Crippen LogP contribution in [0.5, 0.6) is 0 Å². The van der Waals surface area contributed by atoms with Crippen molar-refractivity contribution in [2.45, 2.75) is 340 Å². The molecule has 0 saturated heterocycles. The molecule has 0 bridgehead atoms. The maximum atomic E-state index is 2.68. The standard InChI is InChI=1S/C119H145B/c1-9-15-21-27-33-41-74-117(75-42-34-28-22-16-10-2)108-47-39-38-46-100(108)103-73-64-98(86-111(103)117)97-63-68-102-101-67-58-92(80-109(101)116(7,8)110(102)81-97)87-48-50-88(51-49-87)93-59-69-104-105-70-60-95(84-114(105)119(113(104)83-93,78-44-36-30-24-18-12-4)79-45-37-31-25-19-13-5)90-54-52-89(53-55-90)94-61-71-106-107-72-62-96(91-56-65-99(120)66-57-91)85-115(107)118(112(106)82-94,76-40-32-26-20-14-6)77-43-35-29-23-17-11-3/h38-39,46-73,80-86H,9-37,40-45,74-79,120H2,1-8H3. The van der Waals surface area contributed by atoms with E-state index in [9.17, 15) is 0 Å². The summed E-state index contributed by atoms with van der Waals surface area (Å²) in [4.78, 5) is 0. The molecule has 11 aromatic carbocycles. The fraction of sp³-hybridized carbons (Fsp3) is 0.445. The van der Waals surface area contributed by atoms with Crippen LogP contribution in [0.15, 0.2) is 224 Å². The van der Waals surface area contributed by atoms with Gasteiger partial charge in [-0.1, -0.05) is 468 Å². The lowest BCUT2D eigenvalue weighted by molar-refractivity contribution is 0.398. The summed E-state index contributed by atoms with van der Waals surface area (Å²) in [5, 5.41) is 0. The van der Waals surface area contributed by atoms with Gasteiger partial charge in [0.25, 0.3) is 0 Å². The smallest absolute Gasteiger partial charge is 0.0889 e. The van der Waals surface area contributed by atoms with Crippen molar-refractivity contribution in [1.29, 1.82) is 0 Å². The second-order valence-corrected chi connectivity index (χ2v) is 38.5. The van der Waals surface area contributed by atoms with E-state index in [0.717, 1.165) is 0 Å². The first-order valence-electron chi connectivity index (χ1n) is 49.3. The molecule has 11 aromatic rings. The Kier molecular flexibility index (Phi) is 29.3. The lowest BCUT2D eigenvalue weighted by Gasteiger charge is -2.33. The highest BCUT2D eigenvalue weighted by atomic mass is 14.5. The summed E-state index contributed by atoms with van der Waals surface area (Å²) in [6, 6.07) is 91.3. The molecular formula is C119H145B. The molecule has 1 atom stereocenters. The van der Waals surface area contributed by atoms with Gasteiger partial charge in [-0.3, -0.25) is 0 Å². The van der Waals surface area contributed by atoms with E-state index >= 15 is 0 Å². The van der Waals surface area contributed by atoms with E-state index in [2.05, 4.69) is 288 Å². The number of unbranched alkanes of at least 4 members (excludes halogenated alkanes) is 29. The second kappa shape index (κ2) is 40.7. The van der Waals surface area contributed by atoms with Crippen molar-refractivity contribution in [1.82, 2.24) is 0 Å². The van der Waals surface area contributed by atoms with E-state index in [1.807, 2.05) is 0 Å². The summed E-state index contributed by atoms with van der Waals surface area (Å²) in [6.07, 6.45) is 53.4. The lowest BCUT2D eigenvalue weighted by Crippen LogP contribution is -2.25. The van der Waals surface area contributed by atoms with Crippen molar-refractivity contribution in [2.24, 2.45) is 0 Å². The van der Waals surface area contributed by atoms with Crippen LogP contribution in [0, 0.1) is 0 Å². The zero-order valence-electron chi connectivity index (χ0n) is 75.9. The van der Waals surface area contributed by atoms with Crippen LogP contribution in [-0.4, -0.2) is 7.85 Å². The van der Waals surface area contributed by atoms with Crippen molar-refractivity contribution in [3.8, 4) is 111 Å². The Morgan fingerprint density at radius 3 is 0.600 bits per heavy atom. The average Bonchev–Trinajstić information content (AvgIpc) is 1.57. The Hall–Kier alpha value is -8.52. The molecule has 0 aromatic heterocycles. The van der Waals surface area contributed by atoms with Crippen LogP contribution < -0.4 is 5.46 Å². The minimum atomic E-state index is -0.159. The van der Waals surface area contributed by atoms with E-state index < -0.39 is 0 Å². The number of hydrogen-bond acceptors (Lipinski definition) is 0. The normalized spacial score (nSPS) is 15.1. The molecule has 624 valence electrons. The van der Waals surface area contributed by atoms with Crippen molar-refractivity contribution in [2.75, 3.05) is 0 Å². The minimum Gasteiger partial charge on any atom is -0.0889 e. The molecule has 0 heterocycles. The lowest BCUT2D eigenvalue weighted by atomic mass is 9.69. The van der Waals surface area contributed by atoms with E-state index in [4.69, 9.17) is 0 Å². The molecule has 4 aliphatic rings. The van der Waals surface area contributed by atoms with Gasteiger partial charge in [0, 0.05) is 21.7 Å². The maximum Gasteiger partial charge on any atom is 0.139 e. The van der Waals surface area contributed by atoms with Gasteiger partial charge in [-0.15, -0.1) is 0 Å². The monoisotopic (exact) mass is 1590 g/mol. The van der Waals surface area contributed by atoms with E-state index in [1.165, 1.54) is 391 Å². The average molecular weight is 1590 g/mol. The SMILES string of the molecule is Bc1ccc(-c2ccc3c(c2)C(CCCCCCC)(CCCCCCCC)c2cc(-c4ccc(-c5ccc6c(c5)C(CCCCCCCC)(CCCCCCCC)c5cc(-c7ccc(-c8ccc9c(c8)C(C)(C)c8cc(-c%10ccc%11c(c%10)C(CCCCCCCC)(CCCCCCCC)c%10ccccc%10-%11)ccc8-9)cc7)ccc5-6)cc4)ccc2-3)cc1. The third kappa shape index (κ3) is 18.4. The van der Waals surface area contributed by atoms with Gasteiger partial charge in [0.1, 0.15) is 7.85 Å². The first-order valence-corrected chi connectivity index (χ1v) is 49.3. The molecule has 1 unspecified atom stereocenters. The first kappa shape index (κ1) is 86.4. The molecule has 0 fully saturated rings. The fourth-order valence-corrected chi connectivity index (χ4v) is 23.0. The summed E-state index contributed by atoms with van der Waals surface area (Å²) < 4.78 is 0. The predicted octanol–water partition coefficient (Wildman–Crippen LogP) is 35.2. The van der Waals surface area contributed by atoms with E-state index in [-0.39, 0.29) is 21.7 Å². The number of hydrogen-bond donors (Lipinski definition) is 0. The second-order valence-electron chi connectivity index (χ2n) is 38.5. The van der Waals surface area contributed by atoms with E-state index in [0.29, 0.717) is 0 Å². The van der Waals surface area contributed by atoms with Crippen LogP contribution in [0.1, 0.15) is 363 Å². The van der Waals surface area contributed by atoms with Gasteiger partial charge in [-0.05, 0) is 237 Å². The zero-order valence-corrected chi connectivity index (χ0v) is 75.9. The predicted molar refractivity (Wildman–Crippen MR) is 527 cm³/mol. The molecular weight excluding hydrogens is 1440 g/mol. The van der Waals surface area contributed by atoms with Gasteiger partial charge in [0.15, 0.2) is 0 Å². The van der Waals surface area contributed by atoms with Gasteiger partial charge in [0.05, 0.1) is 0 Å². The van der Waals surface area contributed by atoms with Gasteiger partial charge >= 0.3 is 0 Å². The molecule has 15 rings (SSSR count). The molecule has 0 amide bonds. The summed E-state index contributed by atoms with van der Waals surface area (Å²) in [5.41, 5.74) is 40.9. The Balaban J connectivity index is 0.713. The molecule has 0 saturated carbocycles. The molecule has 1 heteroatoms. The first-order chi connectivity index (χ1) is 58.9. The largest absolute Gasteiger partial charge is 0.139 e. The molecule has 0 aliphatic heterocycles. The Morgan fingerprint density at radius 1 is 0.175 bits per heavy atom. The third-order valence-electron chi connectivity index (χ3n) is 30.0. The van der Waals surface area contributed by atoms with Crippen LogP contribution in [0.25, 0.3) is 111 Å². The zero-order chi connectivity index (χ0) is 82.9. The van der Waals surface area contributed by atoms with Gasteiger partial charge < -0.3 is 0 Å². The summed E-state index contributed by atoms with van der Waals surface area (Å²) >= 11 is 0. The molecule has 4 aliphatic carbocycles. The van der Waals surface area contributed by atoms with Crippen molar-refractivity contribution >= 4 is 13.3 Å². The molecule has 0 spiro atoms. The highest BCUT2D eigenvalue weighted by Crippen LogP contribution is 2.60. The Bertz CT molecular complexity index is 5160. The highest BCUT2D eigenvalue weighted by Gasteiger charge is 2.46. The van der Waals surface area contributed by atoms with Crippen LogP contribution in [-0.2, 0) is 21.7 Å². The van der Waals surface area contributed by atoms with Crippen molar-refractivity contribution in [3.63, 3.8) is 0 Å². The Labute approximate surface area is 728 Å². The summed E-state index contributed by atoms with van der Waals surface area (Å²) in [7, 11) is 2.21. The summed E-state index contributed by atoms with van der Waals surface area (Å²) in [5.74, 6) is 0. The highest BCUT2D eigenvalue weighted by molar-refractivity contribution is 6.32. The number of fused-ring (bicyclic) bond motifs is 12. The van der Waals surface area contributed by atoms with Crippen molar-refractivity contribution in [3.05, 3.63) is 269 Å². The maximum absolute atomic E-state index is 2.68. The van der Waals surface area contributed by atoms with Gasteiger partial charge in [-0.25, -0.2) is 0 Å². The van der Waals surface area contributed by atoms with Crippen LogP contribution in [0.2, 0.25) is 0 Å². The molecule has 0 N–H and O–H groups in total. The van der Waals surface area contributed by atoms with E-state index in [1.54, 1.807) is 33.4 Å². The van der Waals surface area contributed by atoms with Gasteiger partial charge in [-0.2, -0.15) is 0 Å². The molecule has 0 radical (unpaired) electrons. The quantitative estimate of drug-likeness (QED) is 0.0263.